The van der Waals surface area contributed by atoms with Crippen molar-refractivity contribution in [2.24, 2.45) is 5.92 Å². The van der Waals surface area contributed by atoms with Crippen molar-refractivity contribution >= 4 is 31.5 Å². The summed E-state index contributed by atoms with van der Waals surface area (Å²) in [6.07, 6.45) is 3.84. The van der Waals surface area contributed by atoms with Crippen LogP contribution in [0.3, 0.4) is 0 Å². The average molecular weight is 620 g/mol. The van der Waals surface area contributed by atoms with Gasteiger partial charge in [0.2, 0.25) is 5.91 Å². The van der Waals surface area contributed by atoms with Gasteiger partial charge in [-0.25, -0.2) is 0 Å². The zero-order valence-electron chi connectivity index (χ0n) is 25.8. The molecule has 2 amide bonds. The highest BCUT2D eigenvalue weighted by atomic mass is 28.4. The fourth-order valence-corrected chi connectivity index (χ4v) is 10.0. The number of hydrogen-bond acceptors (Lipinski definition) is 8. The fourth-order valence-electron chi connectivity index (χ4n) is 7.43. The average Bonchev–Trinajstić information content (AvgIpc) is 3.75. The second-order valence-corrected chi connectivity index (χ2v) is 16.7. The molecule has 2 aromatic carbocycles. The van der Waals surface area contributed by atoms with E-state index < -0.39 is 13.9 Å². The van der Waals surface area contributed by atoms with Crippen molar-refractivity contribution in [1.82, 2.24) is 15.0 Å². The number of rotatable bonds is 10. The molecule has 4 atom stereocenters. The Hall–Kier alpha value is -3.58. The van der Waals surface area contributed by atoms with E-state index in [9.17, 15) is 19.5 Å². The maximum atomic E-state index is 14.7. The lowest BCUT2D eigenvalue weighted by atomic mass is 9.82. The van der Waals surface area contributed by atoms with Crippen molar-refractivity contribution in [3.63, 3.8) is 0 Å². The Morgan fingerprint density at radius 1 is 1.16 bits per heavy atom. The van der Waals surface area contributed by atoms with Crippen LogP contribution in [0.25, 0.3) is 0 Å². The zero-order valence-corrected chi connectivity index (χ0v) is 26.8. The van der Waals surface area contributed by atoms with Crippen molar-refractivity contribution in [3.05, 3.63) is 65.5 Å². The van der Waals surface area contributed by atoms with Gasteiger partial charge in [0.05, 0.1) is 31.1 Å². The van der Waals surface area contributed by atoms with Gasteiger partial charge in [-0.15, -0.1) is 5.10 Å². The van der Waals surface area contributed by atoms with Crippen LogP contribution >= 0.6 is 0 Å². The number of carbonyl (C=O) groups excluding carboxylic acids is 2. The summed E-state index contributed by atoms with van der Waals surface area (Å²) in [5, 5.41) is 17.6. The molecule has 3 aromatic rings. The van der Waals surface area contributed by atoms with Crippen LogP contribution in [0.1, 0.15) is 43.0 Å². The Kier molecular flexibility index (Phi) is 8.12. The first-order chi connectivity index (χ1) is 21.1. The van der Waals surface area contributed by atoms with Crippen LogP contribution in [-0.4, -0.2) is 71.4 Å². The summed E-state index contributed by atoms with van der Waals surface area (Å²) in [6.45, 7) is 7.41. The molecule has 44 heavy (non-hydrogen) atoms. The molecule has 0 radical (unpaired) electrons. The number of amides is 2. The molecular weight excluding hydrogens is 578 g/mol. The minimum Gasteiger partial charge on any atom is -0.497 e. The number of aliphatic hydroxyl groups is 1. The highest BCUT2D eigenvalue weighted by molar-refractivity contribution is 6.71. The molecule has 2 N–H and O–H groups in total. The highest BCUT2D eigenvalue weighted by Crippen LogP contribution is 2.60. The number of aryl methyl sites for hydroxylation is 1. The van der Waals surface area contributed by atoms with Crippen molar-refractivity contribution in [1.29, 1.82) is 0 Å². The van der Waals surface area contributed by atoms with Crippen molar-refractivity contribution < 1.29 is 29.0 Å². The standard InChI is InChI=1S/C32H41N5O6Si/c1-21-30(44(3,4)41)28(13-16-35-20-23(14-17-38)33-34-35)43-32(21)26-18-25(42-2)11-12-27(26)37(31(32)40)19-22-7-9-24(10-8-22)36-15-5-6-29(36)39/h7-12,18,20-21,28,30,38,41H,5-6,13-17,19H2,1-4H3/t21-,28+,30-,32+/m1/s1. The van der Waals surface area contributed by atoms with E-state index in [0.29, 0.717) is 43.8 Å². The van der Waals surface area contributed by atoms with E-state index in [0.717, 1.165) is 35.5 Å². The van der Waals surface area contributed by atoms with Gasteiger partial charge in [-0.05, 0) is 61.8 Å². The highest BCUT2D eigenvalue weighted by Gasteiger charge is 2.66. The minimum absolute atomic E-state index is 0.000582. The quantitative estimate of drug-likeness (QED) is 0.331. The van der Waals surface area contributed by atoms with Gasteiger partial charge >= 0.3 is 0 Å². The Labute approximate surface area is 258 Å². The number of hydrogen-bond donors (Lipinski definition) is 2. The van der Waals surface area contributed by atoms with Crippen LogP contribution in [0.4, 0.5) is 11.4 Å². The lowest BCUT2D eigenvalue weighted by Crippen LogP contribution is -2.46. The number of ether oxygens (including phenoxy) is 2. The van der Waals surface area contributed by atoms with Gasteiger partial charge in [-0.3, -0.25) is 14.3 Å². The molecule has 0 saturated carbocycles. The molecule has 1 spiro atoms. The molecule has 12 heteroatoms. The second kappa shape index (κ2) is 11.7. The van der Waals surface area contributed by atoms with Crippen LogP contribution in [0.5, 0.6) is 5.75 Å². The zero-order chi connectivity index (χ0) is 31.2. The normalized spacial score (nSPS) is 25.0. The SMILES string of the molecule is COc1ccc2c(c1)[C@]1(O[C@@H](CCn3cc(CCO)nn3)[C@H]([Si](C)(C)O)[C@H]1C)C(=O)N2Cc1ccc(N2CCCC2=O)cc1. The Balaban J connectivity index is 1.32. The monoisotopic (exact) mass is 619 g/mol. The number of fused-ring (bicyclic) bond motifs is 2. The maximum Gasteiger partial charge on any atom is 0.264 e. The largest absolute Gasteiger partial charge is 0.497 e. The first kappa shape index (κ1) is 30.4. The van der Waals surface area contributed by atoms with Gasteiger partial charge < -0.3 is 29.2 Å². The summed E-state index contributed by atoms with van der Waals surface area (Å²) >= 11 is 0. The Bertz CT molecular complexity index is 1540. The van der Waals surface area contributed by atoms with E-state index in [1.54, 1.807) is 16.7 Å². The lowest BCUT2D eigenvalue weighted by Gasteiger charge is -2.32. The smallest absolute Gasteiger partial charge is 0.264 e. The van der Waals surface area contributed by atoms with Crippen LogP contribution in [-0.2, 0) is 39.4 Å². The third kappa shape index (κ3) is 5.23. The van der Waals surface area contributed by atoms with Crippen LogP contribution in [0, 0.1) is 5.92 Å². The molecule has 2 saturated heterocycles. The van der Waals surface area contributed by atoms with Crippen LogP contribution in [0.2, 0.25) is 18.6 Å². The molecule has 0 unspecified atom stereocenters. The third-order valence-electron chi connectivity index (χ3n) is 9.45. The molecule has 3 aliphatic rings. The van der Waals surface area contributed by atoms with E-state index in [1.165, 1.54) is 0 Å². The topological polar surface area (TPSA) is 130 Å². The summed E-state index contributed by atoms with van der Waals surface area (Å²) in [4.78, 5) is 42.1. The first-order valence-corrected chi connectivity index (χ1v) is 18.4. The summed E-state index contributed by atoms with van der Waals surface area (Å²) in [5.41, 5.74) is 2.54. The molecule has 0 aliphatic carbocycles. The second-order valence-electron chi connectivity index (χ2n) is 12.7. The molecule has 234 valence electrons. The van der Waals surface area contributed by atoms with E-state index in [1.807, 2.05) is 73.6 Å². The fraction of sp³-hybridized carbons (Fsp3) is 0.500. The summed E-state index contributed by atoms with van der Waals surface area (Å²) in [6, 6.07) is 13.5. The molecule has 2 fully saturated rings. The molecule has 0 bridgehead atoms. The van der Waals surface area contributed by atoms with Crippen molar-refractivity contribution in [2.75, 3.05) is 30.1 Å². The van der Waals surface area contributed by atoms with Gasteiger partial charge in [0.25, 0.3) is 5.91 Å². The number of benzene rings is 2. The molecule has 1 aromatic heterocycles. The maximum absolute atomic E-state index is 14.7. The van der Waals surface area contributed by atoms with E-state index in [2.05, 4.69) is 10.3 Å². The predicted molar refractivity (Wildman–Crippen MR) is 167 cm³/mol. The summed E-state index contributed by atoms with van der Waals surface area (Å²) < 4.78 is 14.2. The van der Waals surface area contributed by atoms with E-state index >= 15 is 0 Å². The Morgan fingerprint density at radius 2 is 1.93 bits per heavy atom. The van der Waals surface area contributed by atoms with Gasteiger partial charge in [-0.1, -0.05) is 24.3 Å². The summed E-state index contributed by atoms with van der Waals surface area (Å²) in [7, 11) is -1.22. The Morgan fingerprint density at radius 3 is 2.59 bits per heavy atom. The predicted octanol–water partition coefficient (Wildman–Crippen LogP) is 3.38. The van der Waals surface area contributed by atoms with E-state index in [4.69, 9.17) is 9.47 Å². The number of methoxy groups -OCH3 is 1. The molecule has 4 heterocycles. The number of aliphatic hydroxyl groups excluding tert-OH is 1. The number of aromatic nitrogens is 3. The van der Waals surface area contributed by atoms with Gasteiger partial charge in [0, 0.05) is 61.4 Å². The lowest BCUT2D eigenvalue weighted by molar-refractivity contribution is -0.146. The molecular formula is C32H41N5O6Si. The third-order valence-corrected chi connectivity index (χ3v) is 12.0. The van der Waals surface area contributed by atoms with Crippen LogP contribution < -0.4 is 14.5 Å². The van der Waals surface area contributed by atoms with Gasteiger partial charge in [0.1, 0.15) is 5.75 Å². The minimum atomic E-state index is -2.82. The molecule has 6 rings (SSSR count). The van der Waals surface area contributed by atoms with Crippen LogP contribution in [0.15, 0.2) is 48.7 Å². The molecule has 11 nitrogen and oxygen atoms in total. The number of anilines is 2. The number of nitrogens with zero attached hydrogens (tertiary/aromatic N) is 5. The van der Waals surface area contributed by atoms with E-state index in [-0.39, 0.29) is 36.0 Å². The summed E-state index contributed by atoms with van der Waals surface area (Å²) in [5.74, 6) is 0.321. The van der Waals surface area contributed by atoms with Gasteiger partial charge in [-0.2, -0.15) is 0 Å². The van der Waals surface area contributed by atoms with Crippen molar-refractivity contribution in [2.45, 2.75) is 76.0 Å². The first-order valence-electron chi connectivity index (χ1n) is 15.4. The number of carbonyl (C=O) groups is 2. The molecule has 3 aliphatic heterocycles. The van der Waals surface area contributed by atoms with Crippen molar-refractivity contribution in [3.8, 4) is 5.75 Å². The van der Waals surface area contributed by atoms with Gasteiger partial charge in [0.15, 0.2) is 13.9 Å².